The molecular weight excluding hydrogens is 306 g/mol. The number of hydrogen-bond donors (Lipinski definition) is 1. The van der Waals surface area contributed by atoms with Crippen molar-refractivity contribution in [2.45, 2.75) is 13.8 Å². The fourth-order valence-corrected chi connectivity index (χ4v) is 2.98. The molecule has 8 heteroatoms. The second kappa shape index (κ2) is 6.64. The standard InChI is InChI=1S/C14H21N3O4S/c1-11-4-3-5-13(12(11)2)21-10-14(18)16-6-8-17(9-7-16)22(15,19)20/h3-5H,6-10H2,1-2H3,(H2,15,19,20). The van der Waals surface area contributed by atoms with Crippen molar-refractivity contribution in [3.63, 3.8) is 0 Å². The van der Waals surface area contributed by atoms with Crippen LogP contribution in [-0.2, 0) is 15.0 Å². The summed E-state index contributed by atoms with van der Waals surface area (Å²) >= 11 is 0. The van der Waals surface area contributed by atoms with Gasteiger partial charge in [0.25, 0.3) is 16.1 Å². The smallest absolute Gasteiger partial charge is 0.277 e. The second-order valence-electron chi connectivity index (χ2n) is 5.31. The van der Waals surface area contributed by atoms with E-state index in [9.17, 15) is 13.2 Å². The number of aryl methyl sites for hydroxylation is 1. The first-order valence-electron chi connectivity index (χ1n) is 7.03. The van der Waals surface area contributed by atoms with Gasteiger partial charge < -0.3 is 9.64 Å². The molecule has 1 aliphatic rings. The Morgan fingerprint density at radius 2 is 1.86 bits per heavy atom. The molecule has 1 fully saturated rings. The molecule has 0 radical (unpaired) electrons. The summed E-state index contributed by atoms with van der Waals surface area (Å²) in [5, 5.41) is 5.07. The maximum Gasteiger partial charge on any atom is 0.277 e. The number of carbonyl (C=O) groups excluding carboxylic acids is 1. The van der Waals surface area contributed by atoms with E-state index in [4.69, 9.17) is 9.88 Å². The Bertz CT molecular complexity index is 652. The molecule has 1 aliphatic heterocycles. The van der Waals surface area contributed by atoms with Crippen molar-refractivity contribution in [1.29, 1.82) is 0 Å². The predicted octanol–water partition coefficient (Wildman–Crippen LogP) is 0.0299. The van der Waals surface area contributed by atoms with Gasteiger partial charge in [0, 0.05) is 26.2 Å². The number of benzene rings is 1. The SMILES string of the molecule is Cc1cccc(OCC(=O)N2CCN(S(N)(=O)=O)CC2)c1C. The quantitative estimate of drug-likeness (QED) is 0.844. The van der Waals surface area contributed by atoms with Crippen molar-refractivity contribution in [2.75, 3.05) is 32.8 Å². The van der Waals surface area contributed by atoms with Crippen LogP contribution >= 0.6 is 0 Å². The maximum atomic E-state index is 12.1. The van der Waals surface area contributed by atoms with Crippen molar-refractivity contribution in [3.8, 4) is 5.75 Å². The van der Waals surface area contributed by atoms with Crippen LogP contribution in [0.25, 0.3) is 0 Å². The molecule has 7 nitrogen and oxygen atoms in total. The van der Waals surface area contributed by atoms with Crippen LogP contribution in [0, 0.1) is 13.8 Å². The minimum atomic E-state index is -3.68. The molecule has 122 valence electrons. The van der Waals surface area contributed by atoms with Crippen LogP contribution in [0.5, 0.6) is 5.75 Å². The summed E-state index contributed by atoms with van der Waals surface area (Å²) in [7, 11) is -3.68. The monoisotopic (exact) mass is 327 g/mol. The first kappa shape index (κ1) is 16.7. The molecule has 1 heterocycles. The zero-order valence-electron chi connectivity index (χ0n) is 12.8. The highest BCUT2D eigenvalue weighted by Gasteiger charge is 2.26. The Labute approximate surface area is 130 Å². The average Bonchev–Trinajstić information content (AvgIpc) is 2.48. The molecule has 1 saturated heterocycles. The summed E-state index contributed by atoms with van der Waals surface area (Å²) in [4.78, 5) is 13.7. The van der Waals surface area contributed by atoms with Crippen molar-refractivity contribution in [1.82, 2.24) is 9.21 Å². The van der Waals surface area contributed by atoms with Gasteiger partial charge in [-0.2, -0.15) is 12.7 Å². The van der Waals surface area contributed by atoms with E-state index in [1.165, 1.54) is 4.31 Å². The molecule has 2 rings (SSSR count). The highest BCUT2D eigenvalue weighted by atomic mass is 32.2. The van der Waals surface area contributed by atoms with E-state index in [2.05, 4.69) is 0 Å². The first-order chi connectivity index (χ1) is 10.3. The highest BCUT2D eigenvalue weighted by molar-refractivity contribution is 7.86. The number of ether oxygens (including phenoxy) is 1. The average molecular weight is 327 g/mol. The van der Waals surface area contributed by atoms with Gasteiger partial charge in [-0.15, -0.1) is 0 Å². The molecule has 1 aromatic rings. The van der Waals surface area contributed by atoms with Gasteiger partial charge >= 0.3 is 0 Å². The fourth-order valence-electron chi connectivity index (χ4n) is 2.30. The minimum absolute atomic E-state index is 0.0559. The van der Waals surface area contributed by atoms with Crippen LogP contribution in [0.1, 0.15) is 11.1 Å². The largest absolute Gasteiger partial charge is 0.483 e. The molecule has 0 aromatic heterocycles. The molecule has 0 saturated carbocycles. The number of hydrogen-bond acceptors (Lipinski definition) is 4. The summed E-state index contributed by atoms with van der Waals surface area (Å²) < 4.78 is 29.2. The summed E-state index contributed by atoms with van der Waals surface area (Å²) in [6.07, 6.45) is 0. The Balaban J connectivity index is 1.88. The molecule has 0 aliphatic carbocycles. The van der Waals surface area contributed by atoms with Gasteiger partial charge in [0.15, 0.2) is 6.61 Å². The summed E-state index contributed by atoms with van der Waals surface area (Å²) in [5.74, 6) is 0.534. The molecule has 2 N–H and O–H groups in total. The fraction of sp³-hybridized carbons (Fsp3) is 0.500. The van der Waals surface area contributed by atoms with Crippen molar-refractivity contribution >= 4 is 16.1 Å². The Hall–Kier alpha value is -1.64. The third-order valence-corrected chi connectivity index (χ3v) is 4.94. The molecule has 0 bridgehead atoms. The van der Waals surface area contributed by atoms with Crippen LogP contribution < -0.4 is 9.88 Å². The van der Waals surface area contributed by atoms with E-state index in [1.807, 2.05) is 32.0 Å². The Kier molecular flexibility index (Phi) is 5.05. The van der Waals surface area contributed by atoms with Gasteiger partial charge in [0.1, 0.15) is 5.75 Å². The van der Waals surface area contributed by atoms with Gasteiger partial charge in [-0.3, -0.25) is 4.79 Å². The lowest BCUT2D eigenvalue weighted by atomic mass is 10.1. The van der Waals surface area contributed by atoms with Gasteiger partial charge in [-0.25, -0.2) is 5.14 Å². The minimum Gasteiger partial charge on any atom is -0.483 e. The molecule has 0 unspecified atom stereocenters. The van der Waals surface area contributed by atoms with E-state index >= 15 is 0 Å². The normalized spacial score (nSPS) is 16.6. The van der Waals surface area contributed by atoms with Crippen molar-refractivity contribution < 1.29 is 17.9 Å². The molecular formula is C14H21N3O4S. The van der Waals surface area contributed by atoms with Gasteiger partial charge in [-0.1, -0.05) is 12.1 Å². The van der Waals surface area contributed by atoms with E-state index in [1.54, 1.807) is 4.90 Å². The summed E-state index contributed by atoms with van der Waals surface area (Å²) in [6.45, 7) is 4.95. The van der Waals surface area contributed by atoms with Crippen LogP contribution in [0.4, 0.5) is 0 Å². The lowest BCUT2D eigenvalue weighted by Gasteiger charge is -2.32. The first-order valence-corrected chi connectivity index (χ1v) is 8.54. The van der Waals surface area contributed by atoms with Gasteiger partial charge in [-0.05, 0) is 31.0 Å². The van der Waals surface area contributed by atoms with Gasteiger partial charge in [0.05, 0.1) is 0 Å². The zero-order valence-corrected chi connectivity index (χ0v) is 13.6. The van der Waals surface area contributed by atoms with E-state index in [0.29, 0.717) is 18.8 Å². The highest BCUT2D eigenvalue weighted by Crippen LogP contribution is 2.20. The molecule has 22 heavy (non-hydrogen) atoms. The van der Waals surface area contributed by atoms with Crippen LogP contribution in [-0.4, -0.2) is 56.3 Å². The van der Waals surface area contributed by atoms with E-state index in [0.717, 1.165) is 11.1 Å². The third-order valence-electron chi connectivity index (χ3n) is 3.86. The van der Waals surface area contributed by atoms with Crippen LogP contribution in [0.2, 0.25) is 0 Å². The predicted molar refractivity (Wildman–Crippen MR) is 82.7 cm³/mol. The number of nitrogens with zero attached hydrogens (tertiary/aromatic N) is 2. The van der Waals surface area contributed by atoms with Crippen LogP contribution in [0.3, 0.4) is 0 Å². The lowest BCUT2D eigenvalue weighted by molar-refractivity contribution is -0.134. The maximum absolute atomic E-state index is 12.1. The molecule has 0 spiro atoms. The number of amides is 1. The van der Waals surface area contributed by atoms with Crippen molar-refractivity contribution in [3.05, 3.63) is 29.3 Å². The summed E-state index contributed by atoms with van der Waals surface area (Å²) in [5.41, 5.74) is 2.11. The number of nitrogens with two attached hydrogens (primary N) is 1. The lowest BCUT2D eigenvalue weighted by Crippen LogP contribution is -2.53. The number of carbonyl (C=O) groups is 1. The molecule has 0 atom stereocenters. The summed E-state index contributed by atoms with van der Waals surface area (Å²) in [6, 6.07) is 5.69. The number of piperazine rings is 1. The molecule has 1 aromatic carbocycles. The topological polar surface area (TPSA) is 92.9 Å². The van der Waals surface area contributed by atoms with Gasteiger partial charge in [0.2, 0.25) is 0 Å². The van der Waals surface area contributed by atoms with Crippen molar-refractivity contribution in [2.24, 2.45) is 5.14 Å². The van der Waals surface area contributed by atoms with E-state index < -0.39 is 10.2 Å². The Morgan fingerprint density at radius 3 is 2.45 bits per heavy atom. The molecule has 1 amide bonds. The van der Waals surface area contributed by atoms with E-state index in [-0.39, 0.29) is 25.6 Å². The van der Waals surface area contributed by atoms with Crippen LogP contribution in [0.15, 0.2) is 18.2 Å². The Morgan fingerprint density at radius 1 is 1.23 bits per heavy atom. The number of rotatable bonds is 4. The third kappa shape index (κ3) is 3.96. The second-order valence-corrected chi connectivity index (χ2v) is 6.86. The zero-order chi connectivity index (χ0) is 16.3.